The van der Waals surface area contributed by atoms with Crippen LogP contribution in [-0.4, -0.2) is 38.5 Å². The van der Waals surface area contributed by atoms with Crippen molar-refractivity contribution in [3.05, 3.63) is 64.7 Å². The Kier molecular flexibility index (Phi) is 6.29. The summed E-state index contributed by atoms with van der Waals surface area (Å²) in [6, 6.07) is 13.5. The quantitative estimate of drug-likeness (QED) is 0.424. The van der Waals surface area contributed by atoms with Gasteiger partial charge in [-0.3, -0.25) is 9.59 Å². The molecular formula is C25H27N5O2S. The fraction of sp³-hybridized carbons (Fsp3) is 0.280. The molecule has 4 aromatic rings. The molecule has 0 saturated heterocycles. The lowest BCUT2D eigenvalue weighted by Crippen LogP contribution is -2.24. The molecule has 170 valence electrons. The van der Waals surface area contributed by atoms with Crippen LogP contribution in [0, 0.1) is 6.92 Å². The number of nitrogens with zero attached hydrogens (tertiary/aromatic N) is 4. The number of para-hydroxylation sites is 1. The Morgan fingerprint density at radius 3 is 2.61 bits per heavy atom. The van der Waals surface area contributed by atoms with E-state index >= 15 is 0 Å². The van der Waals surface area contributed by atoms with Gasteiger partial charge >= 0.3 is 0 Å². The summed E-state index contributed by atoms with van der Waals surface area (Å²) in [5.41, 5.74) is 3.48. The smallest absolute Gasteiger partial charge is 0.256 e. The van der Waals surface area contributed by atoms with Crippen molar-refractivity contribution in [1.29, 1.82) is 0 Å². The van der Waals surface area contributed by atoms with Crippen LogP contribution >= 0.6 is 11.3 Å². The molecule has 4 rings (SSSR count). The molecule has 33 heavy (non-hydrogen) atoms. The van der Waals surface area contributed by atoms with Crippen molar-refractivity contribution in [3.63, 3.8) is 0 Å². The highest BCUT2D eigenvalue weighted by Gasteiger charge is 2.20. The molecule has 0 aliphatic heterocycles. The second-order valence-electron chi connectivity index (χ2n) is 8.37. The Balaban J connectivity index is 1.77. The van der Waals surface area contributed by atoms with Gasteiger partial charge in [-0.15, -0.1) is 11.3 Å². The van der Waals surface area contributed by atoms with E-state index in [-0.39, 0.29) is 17.9 Å². The maximum Gasteiger partial charge on any atom is 0.256 e. The summed E-state index contributed by atoms with van der Waals surface area (Å²) < 4.78 is 1.84. The van der Waals surface area contributed by atoms with E-state index in [0.29, 0.717) is 28.8 Å². The third-order valence-electron chi connectivity index (χ3n) is 5.50. The Morgan fingerprint density at radius 2 is 1.94 bits per heavy atom. The van der Waals surface area contributed by atoms with E-state index in [1.807, 2.05) is 67.9 Å². The van der Waals surface area contributed by atoms with Crippen LogP contribution in [0.15, 0.2) is 48.7 Å². The summed E-state index contributed by atoms with van der Waals surface area (Å²) in [6.45, 7) is 8.06. The molecule has 1 N–H and O–H groups in total. The third kappa shape index (κ3) is 4.66. The van der Waals surface area contributed by atoms with E-state index in [1.54, 1.807) is 29.5 Å². The minimum absolute atomic E-state index is 0.0380. The monoisotopic (exact) mass is 461 g/mol. The molecule has 1 aromatic carbocycles. The highest BCUT2D eigenvalue weighted by atomic mass is 32.1. The topological polar surface area (TPSA) is 80.1 Å². The van der Waals surface area contributed by atoms with Crippen LogP contribution in [0.2, 0.25) is 0 Å². The van der Waals surface area contributed by atoms with Gasteiger partial charge in [-0.25, -0.2) is 9.67 Å². The molecule has 0 aliphatic rings. The minimum Gasteiger partial charge on any atom is -0.342 e. The molecule has 0 aliphatic carbocycles. The van der Waals surface area contributed by atoms with Crippen LogP contribution in [-0.2, 0) is 11.3 Å². The second-order valence-corrected chi connectivity index (χ2v) is 9.66. The maximum absolute atomic E-state index is 13.5. The molecule has 0 spiro atoms. The third-order valence-corrected chi connectivity index (χ3v) is 6.53. The highest BCUT2D eigenvalue weighted by molar-refractivity contribution is 7.15. The van der Waals surface area contributed by atoms with Crippen molar-refractivity contribution in [2.75, 3.05) is 12.4 Å². The fourth-order valence-electron chi connectivity index (χ4n) is 3.62. The summed E-state index contributed by atoms with van der Waals surface area (Å²) in [7, 11) is 1.74. The first kappa shape index (κ1) is 22.7. The van der Waals surface area contributed by atoms with Gasteiger partial charge in [0.25, 0.3) is 5.91 Å². The zero-order chi connectivity index (χ0) is 23.7. The second kappa shape index (κ2) is 9.15. The number of fused-ring (bicyclic) bond motifs is 1. The molecule has 0 saturated carbocycles. The van der Waals surface area contributed by atoms with E-state index in [0.717, 1.165) is 16.1 Å². The SMILES string of the molecule is CC(=O)N(C)Cc1ccccc1NC(=O)c1cc(-c2ccc(C)s2)nc2c1cnn2C(C)C. The predicted molar refractivity (Wildman–Crippen MR) is 133 cm³/mol. The van der Waals surface area contributed by atoms with Gasteiger partial charge in [0.15, 0.2) is 5.65 Å². The van der Waals surface area contributed by atoms with Crippen LogP contribution in [0.25, 0.3) is 21.6 Å². The summed E-state index contributed by atoms with van der Waals surface area (Å²) in [5, 5.41) is 8.25. The van der Waals surface area contributed by atoms with E-state index in [4.69, 9.17) is 4.98 Å². The zero-order valence-electron chi connectivity index (χ0n) is 19.4. The van der Waals surface area contributed by atoms with Gasteiger partial charge in [-0.1, -0.05) is 18.2 Å². The number of aryl methyl sites for hydroxylation is 1. The van der Waals surface area contributed by atoms with Gasteiger partial charge in [-0.2, -0.15) is 5.10 Å². The Bertz CT molecular complexity index is 1340. The summed E-state index contributed by atoms with van der Waals surface area (Å²) in [4.78, 5) is 33.9. The normalized spacial score (nSPS) is 11.2. The fourth-order valence-corrected chi connectivity index (χ4v) is 4.45. The molecule has 0 radical (unpaired) electrons. The van der Waals surface area contributed by atoms with Crippen LogP contribution in [0.3, 0.4) is 0 Å². The predicted octanol–water partition coefficient (Wildman–Crippen LogP) is 5.28. The van der Waals surface area contributed by atoms with Crippen LogP contribution in [0.1, 0.15) is 47.6 Å². The Morgan fingerprint density at radius 1 is 1.18 bits per heavy atom. The van der Waals surface area contributed by atoms with Gasteiger partial charge in [0.05, 0.1) is 27.7 Å². The number of carbonyl (C=O) groups is 2. The van der Waals surface area contributed by atoms with E-state index < -0.39 is 0 Å². The average molecular weight is 462 g/mol. The van der Waals surface area contributed by atoms with E-state index in [2.05, 4.69) is 10.4 Å². The lowest BCUT2D eigenvalue weighted by atomic mass is 10.1. The van der Waals surface area contributed by atoms with Crippen LogP contribution < -0.4 is 5.32 Å². The standard InChI is InChI=1S/C25H27N5O2S/c1-15(2)30-24-20(13-26-30)19(12-22(27-24)23-11-10-16(3)33-23)25(32)28-21-9-7-6-8-18(21)14-29(5)17(4)31/h6-13,15H,14H2,1-5H3,(H,28,32). The number of benzene rings is 1. The van der Waals surface area contributed by atoms with Gasteiger partial charge in [0.1, 0.15) is 0 Å². The highest BCUT2D eigenvalue weighted by Crippen LogP contribution is 2.31. The molecule has 3 aromatic heterocycles. The van der Waals surface area contributed by atoms with Crippen LogP contribution in [0.4, 0.5) is 5.69 Å². The molecule has 0 atom stereocenters. The first-order valence-corrected chi connectivity index (χ1v) is 11.6. The molecule has 0 bridgehead atoms. The largest absolute Gasteiger partial charge is 0.342 e. The van der Waals surface area contributed by atoms with Gasteiger partial charge < -0.3 is 10.2 Å². The molecule has 2 amide bonds. The molecule has 7 nitrogen and oxygen atoms in total. The van der Waals surface area contributed by atoms with E-state index in [9.17, 15) is 9.59 Å². The molecule has 3 heterocycles. The number of pyridine rings is 1. The van der Waals surface area contributed by atoms with E-state index in [1.165, 1.54) is 11.8 Å². The van der Waals surface area contributed by atoms with Gasteiger partial charge in [0, 0.05) is 37.1 Å². The summed E-state index contributed by atoms with van der Waals surface area (Å²) >= 11 is 1.64. The van der Waals surface area contributed by atoms with Crippen molar-refractivity contribution in [2.45, 2.75) is 40.3 Å². The van der Waals surface area contributed by atoms with Crippen molar-refractivity contribution < 1.29 is 9.59 Å². The van der Waals surface area contributed by atoms with Crippen molar-refractivity contribution in [3.8, 4) is 10.6 Å². The molecular weight excluding hydrogens is 434 g/mol. The lowest BCUT2D eigenvalue weighted by molar-refractivity contribution is -0.128. The number of carbonyl (C=O) groups excluding carboxylic acids is 2. The number of rotatable bonds is 6. The van der Waals surface area contributed by atoms with Crippen molar-refractivity contribution in [2.24, 2.45) is 0 Å². The maximum atomic E-state index is 13.5. The number of anilines is 1. The first-order valence-electron chi connectivity index (χ1n) is 10.8. The number of hydrogen-bond donors (Lipinski definition) is 1. The van der Waals surface area contributed by atoms with Crippen molar-refractivity contribution >= 4 is 39.9 Å². The summed E-state index contributed by atoms with van der Waals surface area (Å²) in [5.74, 6) is -0.276. The molecule has 8 heteroatoms. The summed E-state index contributed by atoms with van der Waals surface area (Å²) in [6.07, 6.45) is 1.70. The van der Waals surface area contributed by atoms with Gasteiger partial charge in [0.2, 0.25) is 5.91 Å². The van der Waals surface area contributed by atoms with Gasteiger partial charge in [-0.05, 0) is 50.6 Å². The lowest BCUT2D eigenvalue weighted by Gasteiger charge is -2.18. The molecule has 0 fully saturated rings. The number of amides is 2. The Labute approximate surface area is 197 Å². The number of aromatic nitrogens is 3. The van der Waals surface area contributed by atoms with Crippen LogP contribution in [0.5, 0.6) is 0 Å². The Hall–Kier alpha value is -3.52. The average Bonchev–Trinajstić information content (AvgIpc) is 3.40. The molecule has 0 unspecified atom stereocenters. The first-order chi connectivity index (χ1) is 15.7. The minimum atomic E-state index is -0.238. The zero-order valence-corrected chi connectivity index (χ0v) is 20.2. The number of hydrogen-bond acceptors (Lipinski definition) is 5. The van der Waals surface area contributed by atoms with Crippen molar-refractivity contribution in [1.82, 2.24) is 19.7 Å². The number of nitrogens with one attached hydrogen (secondary N) is 1. The number of thiophene rings is 1.